The maximum absolute atomic E-state index is 13.4. The molecule has 3 nitrogen and oxygen atoms in total. The lowest BCUT2D eigenvalue weighted by Gasteiger charge is -2.37. The molecular weight excluding hydrogens is 287 g/mol. The second-order valence-corrected chi connectivity index (χ2v) is 6.24. The number of hydrogen-bond donors (Lipinski definition) is 1. The lowest BCUT2D eigenvalue weighted by atomic mass is 9.97. The van der Waals surface area contributed by atoms with Gasteiger partial charge in [-0.25, -0.2) is 4.39 Å². The van der Waals surface area contributed by atoms with E-state index >= 15 is 0 Å². The smallest absolute Gasteiger partial charge is 0.173 e. The lowest BCUT2D eigenvalue weighted by Crippen LogP contribution is -2.49. The van der Waals surface area contributed by atoms with Crippen molar-refractivity contribution in [3.05, 3.63) is 29.6 Å². The maximum Gasteiger partial charge on any atom is 0.173 e. The quantitative estimate of drug-likeness (QED) is 0.849. The zero-order valence-electron chi connectivity index (χ0n) is 12.3. The first-order chi connectivity index (χ1) is 10.1. The Balaban J connectivity index is 1.72. The van der Waals surface area contributed by atoms with Gasteiger partial charge in [-0.2, -0.15) is 0 Å². The predicted octanol–water partition coefficient (Wildman–Crippen LogP) is 3.02. The van der Waals surface area contributed by atoms with Crippen molar-refractivity contribution in [2.45, 2.75) is 44.8 Å². The molecule has 0 aromatic heterocycles. The maximum atomic E-state index is 13.4. The van der Waals surface area contributed by atoms with E-state index < -0.39 is 0 Å². The first-order valence-electron chi connectivity index (χ1n) is 7.62. The van der Waals surface area contributed by atoms with Crippen LogP contribution in [0.15, 0.2) is 18.2 Å². The highest BCUT2D eigenvalue weighted by Crippen LogP contribution is 2.31. The minimum absolute atomic E-state index is 0.179. The summed E-state index contributed by atoms with van der Waals surface area (Å²) < 4.78 is 19.0. The van der Waals surface area contributed by atoms with Gasteiger partial charge in [0.15, 0.2) is 5.11 Å². The molecule has 0 saturated carbocycles. The van der Waals surface area contributed by atoms with E-state index in [0.717, 1.165) is 50.1 Å². The number of hydrogen-bond acceptors (Lipinski definition) is 2. The molecule has 1 aromatic carbocycles. The standard InChI is InChI=1S/C16H21FN2OS/c1-11-4-5-12-9-13(17)6-7-15(12)19(11)16(21)18-10-14-3-2-8-20-14/h6-7,9,11,14H,2-5,8,10H2,1H3,(H,18,21). The van der Waals surface area contributed by atoms with Crippen LogP contribution in [-0.4, -0.2) is 30.4 Å². The summed E-state index contributed by atoms with van der Waals surface area (Å²) in [6, 6.07) is 5.29. The van der Waals surface area contributed by atoms with Crippen LogP contribution >= 0.6 is 12.2 Å². The summed E-state index contributed by atoms with van der Waals surface area (Å²) in [6.45, 7) is 3.76. The average molecular weight is 308 g/mol. The Morgan fingerprint density at radius 3 is 3.10 bits per heavy atom. The molecule has 1 saturated heterocycles. The Kier molecular flexibility index (Phi) is 4.40. The molecule has 3 rings (SSSR count). The Morgan fingerprint density at radius 2 is 2.33 bits per heavy atom. The van der Waals surface area contributed by atoms with Gasteiger partial charge in [0.1, 0.15) is 5.82 Å². The Bertz CT molecular complexity index is 531. The van der Waals surface area contributed by atoms with Crippen LogP contribution in [0.5, 0.6) is 0 Å². The molecule has 0 amide bonds. The van der Waals surface area contributed by atoms with Crippen LogP contribution in [0, 0.1) is 5.82 Å². The molecule has 1 aromatic rings. The minimum atomic E-state index is -0.179. The number of thiocarbonyl (C=S) groups is 1. The summed E-state index contributed by atoms with van der Waals surface area (Å²) >= 11 is 5.56. The Morgan fingerprint density at radius 1 is 1.48 bits per heavy atom. The van der Waals surface area contributed by atoms with Crippen LogP contribution in [0.2, 0.25) is 0 Å². The number of aryl methyl sites for hydroxylation is 1. The van der Waals surface area contributed by atoms with Gasteiger partial charge in [-0.3, -0.25) is 0 Å². The van der Waals surface area contributed by atoms with Gasteiger partial charge in [-0.15, -0.1) is 0 Å². The molecule has 0 bridgehead atoms. The minimum Gasteiger partial charge on any atom is -0.376 e. The second-order valence-electron chi connectivity index (χ2n) is 5.85. The molecule has 2 heterocycles. The van der Waals surface area contributed by atoms with Crippen molar-refractivity contribution in [1.29, 1.82) is 0 Å². The fraction of sp³-hybridized carbons (Fsp3) is 0.562. The van der Waals surface area contributed by atoms with Crippen molar-refractivity contribution in [3.8, 4) is 0 Å². The highest BCUT2D eigenvalue weighted by molar-refractivity contribution is 7.80. The molecule has 5 heteroatoms. The number of rotatable bonds is 2. The molecule has 0 radical (unpaired) electrons. The van der Waals surface area contributed by atoms with Gasteiger partial charge < -0.3 is 15.0 Å². The topological polar surface area (TPSA) is 24.5 Å². The first-order valence-corrected chi connectivity index (χ1v) is 8.03. The molecule has 1 N–H and O–H groups in total. The first kappa shape index (κ1) is 14.7. The Labute approximate surface area is 130 Å². The summed E-state index contributed by atoms with van der Waals surface area (Å²) in [6.07, 6.45) is 4.36. The fourth-order valence-corrected chi connectivity index (χ4v) is 3.48. The van der Waals surface area contributed by atoms with Crippen molar-refractivity contribution in [3.63, 3.8) is 0 Å². The van der Waals surface area contributed by atoms with Gasteiger partial charge in [-0.05, 0) is 68.6 Å². The van der Waals surface area contributed by atoms with Crippen LogP contribution in [-0.2, 0) is 11.2 Å². The molecule has 2 aliphatic rings. The van der Waals surface area contributed by atoms with Crippen LogP contribution < -0.4 is 10.2 Å². The molecule has 2 atom stereocenters. The van der Waals surface area contributed by atoms with Crippen LogP contribution in [0.1, 0.15) is 31.7 Å². The van der Waals surface area contributed by atoms with Gasteiger partial charge >= 0.3 is 0 Å². The zero-order chi connectivity index (χ0) is 14.8. The van der Waals surface area contributed by atoms with E-state index in [9.17, 15) is 4.39 Å². The molecule has 21 heavy (non-hydrogen) atoms. The van der Waals surface area contributed by atoms with E-state index in [0.29, 0.717) is 11.2 Å². The predicted molar refractivity (Wildman–Crippen MR) is 86.2 cm³/mol. The Hall–Kier alpha value is -1.20. The highest BCUT2D eigenvalue weighted by Gasteiger charge is 2.27. The van der Waals surface area contributed by atoms with Crippen molar-refractivity contribution in [2.24, 2.45) is 0 Å². The van der Waals surface area contributed by atoms with Gasteiger partial charge in [0.25, 0.3) is 0 Å². The van der Waals surface area contributed by atoms with Gasteiger partial charge in [0.05, 0.1) is 6.10 Å². The van der Waals surface area contributed by atoms with E-state index in [1.807, 2.05) is 6.07 Å². The zero-order valence-corrected chi connectivity index (χ0v) is 13.1. The van der Waals surface area contributed by atoms with Crippen LogP contribution in [0.3, 0.4) is 0 Å². The van der Waals surface area contributed by atoms with Crippen LogP contribution in [0.4, 0.5) is 10.1 Å². The molecule has 114 valence electrons. The van der Waals surface area contributed by atoms with E-state index in [1.165, 1.54) is 6.07 Å². The van der Waals surface area contributed by atoms with Gasteiger partial charge in [0.2, 0.25) is 0 Å². The van der Waals surface area contributed by atoms with Gasteiger partial charge in [-0.1, -0.05) is 0 Å². The van der Waals surface area contributed by atoms with E-state index in [1.54, 1.807) is 6.07 Å². The normalized spacial score (nSPS) is 24.8. The largest absolute Gasteiger partial charge is 0.376 e. The number of anilines is 1. The van der Waals surface area contributed by atoms with E-state index in [2.05, 4.69) is 17.1 Å². The molecule has 0 spiro atoms. The van der Waals surface area contributed by atoms with Crippen LogP contribution in [0.25, 0.3) is 0 Å². The molecule has 2 unspecified atom stereocenters. The number of halogens is 1. The number of nitrogens with zero attached hydrogens (tertiary/aromatic N) is 1. The van der Waals surface area contributed by atoms with E-state index in [-0.39, 0.29) is 11.9 Å². The summed E-state index contributed by atoms with van der Waals surface area (Å²) in [5.41, 5.74) is 2.06. The number of fused-ring (bicyclic) bond motifs is 1. The number of benzene rings is 1. The van der Waals surface area contributed by atoms with Crippen molar-refractivity contribution < 1.29 is 9.13 Å². The molecule has 2 aliphatic heterocycles. The lowest BCUT2D eigenvalue weighted by molar-refractivity contribution is 0.114. The third-order valence-corrected chi connectivity index (χ3v) is 4.64. The molecule has 1 fully saturated rings. The van der Waals surface area contributed by atoms with Crippen molar-refractivity contribution in [2.75, 3.05) is 18.1 Å². The van der Waals surface area contributed by atoms with Gasteiger partial charge in [0, 0.05) is 24.9 Å². The third-order valence-electron chi connectivity index (χ3n) is 4.30. The molecular formula is C16H21FN2OS. The van der Waals surface area contributed by atoms with E-state index in [4.69, 9.17) is 17.0 Å². The summed E-state index contributed by atoms with van der Waals surface area (Å²) in [5.74, 6) is -0.179. The summed E-state index contributed by atoms with van der Waals surface area (Å²) in [5, 5.41) is 4.03. The SMILES string of the molecule is CC1CCc2cc(F)ccc2N1C(=S)NCC1CCCO1. The fourth-order valence-electron chi connectivity index (χ4n) is 3.12. The number of nitrogens with one attached hydrogen (secondary N) is 1. The monoisotopic (exact) mass is 308 g/mol. The average Bonchev–Trinajstić information content (AvgIpc) is 2.98. The highest BCUT2D eigenvalue weighted by atomic mass is 32.1. The summed E-state index contributed by atoms with van der Waals surface area (Å²) in [7, 11) is 0. The second kappa shape index (κ2) is 6.28. The third kappa shape index (κ3) is 3.19. The van der Waals surface area contributed by atoms with Crippen molar-refractivity contribution in [1.82, 2.24) is 5.32 Å². The number of ether oxygens (including phenoxy) is 1. The van der Waals surface area contributed by atoms with Crippen molar-refractivity contribution >= 4 is 23.0 Å². The summed E-state index contributed by atoms with van der Waals surface area (Å²) in [4.78, 5) is 2.11. The molecule has 0 aliphatic carbocycles.